The first-order valence-electron chi connectivity index (χ1n) is 12.8. The maximum absolute atomic E-state index is 12.6. The van der Waals surface area contributed by atoms with Gasteiger partial charge in [-0.25, -0.2) is 0 Å². The van der Waals surface area contributed by atoms with Crippen molar-refractivity contribution in [3.05, 3.63) is 11.6 Å². The lowest BCUT2D eigenvalue weighted by atomic mass is 9.45. The van der Waals surface area contributed by atoms with Gasteiger partial charge in [0, 0.05) is 11.8 Å². The van der Waals surface area contributed by atoms with Gasteiger partial charge in [0.1, 0.15) is 5.78 Å². The predicted molar refractivity (Wildman–Crippen MR) is 120 cm³/mol. The van der Waals surface area contributed by atoms with Crippen LogP contribution in [0.4, 0.5) is 0 Å². The molecule has 1 heterocycles. The van der Waals surface area contributed by atoms with Gasteiger partial charge in [0.25, 0.3) is 0 Å². The van der Waals surface area contributed by atoms with Crippen LogP contribution in [-0.4, -0.2) is 30.8 Å². The zero-order valence-corrected chi connectivity index (χ0v) is 19.2. The maximum atomic E-state index is 12.6. The fraction of sp³-hybridized carbons (Fsp3) is 0.889. The fourth-order valence-electron chi connectivity index (χ4n) is 8.70. The molecular formula is C27H43NO. The summed E-state index contributed by atoms with van der Waals surface area (Å²) in [6.07, 6.45) is 18.3. The number of carbonyl (C=O) groups excluding carboxylic acids is 1. The molecule has 5 rings (SSSR count). The molecule has 0 bridgehead atoms. The van der Waals surface area contributed by atoms with E-state index in [1.807, 2.05) is 0 Å². The third-order valence-electron chi connectivity index (χ3n) is 10.8. The Labute approximate surface area is 178 Å². The van der Waals surface area contributed by atoms with Crippen molar-refractivity contribution in [3.8, 4) is 0 Å². The highest BCUT2D eigenvalue weighted by Gasteiger charge is 2.59. The van der Waals surface area contributed by atoms with Gasteiger partial charge in [-0.3, -0.25) is 4.79 Å². The third kappa shape index (κ3) is 3.36. The van der Waals surface area contributed by atoms with E-state index in [0.717, 1.165) is 30.1 Å². The number of piperidine rings is 1. The van der Waals surface area contributed by atoms with Gasteiger partial charge >= 0.3 is 0 Å². The molecule has 5 aliphatic rings. The van der Waals surface area contributed by atoms with Gasteiger partial charge in [-0.2, -0.15) is 0 Å². The van der Waals surface area contributed by atoms with Crippen molar-refractivity contribution in [2.75, 3.05) is 20.1 Å². The van der Waals surface area contributed by atoms with E-state index in [9.17, 15) is 4.79 Å². The molecule has 4 saturated carbocycles. The third-order valence-corrected chi connectivity index (χ3v) is 10.8. The summed E-state index contributed by atoms with van der Waals surface area (Å²) in [6, 6.07) is 0. The SMILES string of the molecule is CN1CCC(C/C=C2\CC[C@@]3(C)C(CCC4C3CC[C@]3(C)C(=O)CCC43)C2)CC1. The summed E-state index contributed by atoms with van der Waals surface area (Å²) >= 11 is 0. The van der Waals surface area contributed by atoms with E-state index in [-0.39, 0.29) is 5.41 Å². The Hall–Kier alpha value is -0.630. The molecule has 0 spiro atoms. The molecule has 4 aliphatic carbocycles. The molecule has 0 N–H and O–H groups in total. The van der Waals surface area contributed by atoms with Crippen LogP contribution in [0.15, 0.2) is 11.6 Å². The average Bonchev–Trinajstić information content (AvgIpc) is 3.02. The molecule has 2 heteroatoms. The molecule has 0 aromatic carbocycles. The summed E-state index contributed by atoms with van der Waals surface area (Å²) < 4.78 is 0. The molecule has 0 aromatic heterocycles. The van der Waals surface area contributed by atoms with E-state index < -0.39 is 0 Å². The Morgan fingerprint density at radius 3 is 2.55 bits per heavy atom. The zero-order chi connectivity index (χ0) is 20.2. The Kier molecular flexibility index (Phi) is 5.25. The molecule has 29 heavy (non-hydrogen) atoms. The van der Waals surface area contributed by atoms with Crippen molar-refractivity contribution in [3.63, 3.8) is 0 Å². The summed E-state index contributed by atoms with van der Waals surface area (Å²) in [6.45, 7) is 7.56. The standard InChI is InChI=1S/C27H43NO/c1-26-14-10-20(5-4-19-12-16-28(3)17-13-19)18-21(26)6-7-22-23-8-9-25(29)27(23,2)15-11-24(22)26/h5,19,21-24H,4,6-18H2,1-3H3/b20-5+/t21?,22?,23?,24?,26-,27-/m0/s1. The number of ketones is 1. The number of fused-ring (bicyclic) bond motifs is 5. The normalized spacial score (nSPS) is 47.7. The molecule has 0 amide bonds. The number of carbonyl (C=O) groups is 1. The largest absolute Gasteiger partial charge is 0.306 e. The first-order valence-corrected chi connectivity index (χ1v) is 12.8. The van der Waals surface area contributed by atoms with Crippen molar-refractivity contribution in [2.24, 2.45) is 40.4 Å². The number of rotatable bonds is 2. The Bertz CT molecular complexity index is 674. The maximum Gasteiger partial charge on any atom is 0.139 e. The van der Waals surface area contributed by atoms with Crippen LogP contribution >= 0.6 is 0 Å². The smallest absolute Gasteiger partial charge is 0.139 e. The topological polar surface area (TPSA) is 20.3 Å². The monoisotopic (exact) mass is 397 g/mol. The lowest BCUT2D eigenvalue weighted by Gasteiger charge is -2.59. The summed E-state index contributed by atoms with van der Waals surface area (Å²) in [5.41, 5.74) is 2.38. The zero-order valence-electron chi connectivity index (χ0n) is 19.2. The van der Waals surface area contributed by atoms with Crippen LogP contribution < -0.4 is 0 Å². The summed E-state index contributed by atoms with van der Waals surface area (Å²) in [7, 11) is 2.27. The van der Waals surface area contributed by atoms with Crippen molar-refractivity contribution in [2.45, 2.75) is 90.9 Å². The average molecular weight is 398 g/mol. The van der Waals surface area contributed by atoms with Crippen molar-refractivity contribution >= 4 is 5.78 Å². The van der Waals surface area contributed by atoms with Gasteiger partial charge < -0.3 is 4.90 Å². The molecule has 6 atom stereocenters. The lowest BCUT2D eigenvalue weighted by Crippen LogP contribution is -2.53. The van der Waals surface area contributed by atoms with Crippen molar-refractivity contribution < 1.29 is 4.79 Å². The number of allylic oxidation sites excluding steroid dienone is 2. The second kappa shape index (κ2) is 7.50. The van der Waals surface area contributed by atoms with Gasteiger partial charge in [-0.1, -0.05) is 25.5 Å². The minimum absolute atomic E-state index is 0.0398. The highest BCUT2D eigenvalue weighted by Crippen LogP contribution is 2.65. The van der Waals surface area contributed by atoms with Crippen LogP contribution in [0, 0.1) is 40.4 Å². The fourth-order valence-corrected chi connectivity index (χ4v) is 8.70. The molecule has 2 nitrogen and oxygen atoms in total. The second-order valence-corrected chi connectivity index (χ2v) is 12.1. The summed E-state index contributed by atoms with van der Waals surface area (Å²) in [5.74, 6) is 4.86. The minimum Gasteiger partial charge on any atom is -0.306 e. The molecule has 0 aromatic rings. The van der Waals surface area contributed by atoms with E-state index in [0.29, 0.717) is 17.1 Å². The van der Waals surface area contributed by atoms with E-state index in [1.54, 1.807) is 5.57 Å². The van der Waals surface area contributed by atoms with Gasteiger partial charge in [0.15, 0.2) is 0 Å². The highest BCUT2D eigenvalue weighted by atomic mass is 16.1. The number of likely N-dealkylation sites (tertiary alicyclic amines) is 1. The van der Waals surface area contributed by atoms with E-state index in [4.69, 9.17) is 0 Å². The van der Waals surface area contributed by atoms with Crippen LogP contribution in [0.5, 0.6) is 0 Å². The molecular weight excluding hydrogens is 354 g/mol. The quantitative estimate of drug-likeness (QED) is 0.513. The first kappa shape index (κ1) is 20.3. The molecule has 1 aliphatic heterocycles. The molecule has 4 unspecified atom stereocenters. The molecule has 1 saturated heterocycles. The predicted octanol–water partition coefficient (Wildman–Crippen LogP) is 6.26. The summed E-state index contributed by atoms with van der Waals surface area (Å²) in [5, 5.41) is 0. The Morgan fingerprint density at radius 1 is 0.966 bits per heavy atom. The van der Waals surface area contributed by atoms with Gasteiger partial charge in [-0.05, 0) is 126 Å². The van der Waals surface area contributed by atoms with Gasteiger partial charge in [0.2, 0.25) is 0 Å². The molecule has 0 radical (unpaired) electrons. The number of hydrogen-bond acceptors (Lipinski definition) is 2. The van der Waals surface area contributed by atoms with Crippen LogP contribution in [0.1, 0.15) is 90.9 Å². The van der Waals surface area contributed by atoms with E-state index >= 15 is 0 Å². The van der Waals surface area contributed by atoms with Crippen LogP contribution in [0.25, 0.3) is 0 Å². The van der Waals surface area contributed by atoms with Gasteiger partial charge in [0.05, 0.1) is 0 Å². The van der Waals surface area contributed by atoms with Crippen LogP contribution in [-0.2, 0) is 4.79 Å². The molecule has 5 fully saturated rings. The van der Waals surface area contributed by atoms with E-state index in [1.165, 1.54) is 83.7 Å². The number of nitrogens with zero attached hydrogens (tertiary/aromatic N) is 1. The van der Waals surface area contributed by atoms with E-state index in [2.05, 4.69) is 31.9 Å². The number of hydrogen-bond donors (Lipinski definition) is 0. The van der Waals surface area contributed by atoms with Gasteiger partial charge in [-0.15, -0.1) is 0 Å². The first-order chi connectivity index (χ1) is 13.9. The van der Waals surface area contributed by atoms with Crippen molar-refractivity contribution in [1.29, 1.82) is 0 Å². The minimum atomic E-state index is 0.0398. The Balaban J connectivity index is 1.25. The van der Waals surface area contributed by atoms with Crippen LogP contribution in [0.3, 0.4) is 0 Å². The second-order valence-electron chi connectivity index (χ2n) is 12.1. The number of Topliss-reactive ketones (excluding diaryl/α,β-unsaturated/α-hetero) is 1. The van der Waals surface area contributed by atoms with Crippen LogP contribution in [0.2, 0.25) is 0 Å². The summed E-state index contributed by atoms with van der Waals surface area (Å²) in [4.78, 5) is 15.1. The lowest BCUT2D eigenvalue weighted by molar-refractivity contribution is -0.137. The highest BCUT2D eigenvalue weighted by molar-refractivity contribution is 5.87. The molecule has 162 valence electrons. The van der Waals surface area contributed by atoms with Crippen molar-refractivity contribution in [1.82, 2.24) is 4.90 Å². The Morgan fingerprint density at radius 2 is 1.76 bits per heavy atom.